The van der Waals surface area contributed by atoms with E-state index >= 15 is 0 Å². The number of hydrogen-bond donors (Lipinski definition) is 1. The average Bonchev–Trinajstić information content (AvgIpc) is 3.02. The molecule has 2 aliphatic rings. The van der Waals surface area contributed by atoms with Crippen molar-refractivity contribution in [3.8, 4) is 6.07 Å². The Morgan fingerprint density at radius 1 is 1.22 bits per heavy atom. The number of carbonyl (C=O) groups is 1. The van der Waals surface area contributed by atoms with Crippen LogP contribution in [-0.4, -0.2) is 21.7 Å². The summed E-state index contributed by atoms with van der Waals surface area (Å²) in [7, 11) is 0. The summed E-state index contributed by atoms with van der Waals surface area (Å²) in [5.41, 5.74) is 0.0916. The van der Waals surface area contributed by atoms with E-state index in [2.05, 4.69) is 6.07 Å². The second-order valence-electron chi connectivity index (χ2n) is 6.48. The quantitative estimate of drug-likeness (QED) is 0.823. The molecule has 0 radical (unpaired) electrons. The standard InChI is InChI=1S/C20H14ClFN2O2S/c21-14-5-1-12(2-6-14)16-9-18(25)24-19(17(16)10-23)27-11-20(24,26)13-3-7-15(22)8-4-13/h1-8,16,26H,9,11H2/t16-,20+/m0/s1. The number of aliphatic hydroxyl groups is 1. The number of halogens is 2. The maximum Gasteiger partial charge on any atom is 0.231 e. The van der Waals surface area contributed by atoms with Gasteiger partial charge < -0.3 is 5.11 Å². The van der Waals surface area contributed by atoms with Crippen LogP contribution in [0.3, 0.4) is 0 Å². The molecule has 0 unspecified atom stereocenters. The van der Waals surface area contributed by atoms with Gasteiger partial charge in [0.25, 0.3) is 0 Å². The van der Waals surface area contributed by atoms with Gasteiger partial charge in [-0.2, -0.15) is 5.26 Å². The molecule has 2 atom stereocenters. The van der Waals surface area contributed by atoms with Crippen molar-refractivity contribution in [2.75, 3.05) is 5.75 Å². The van der Waals surface area contributed by atoms with Gasteiger partial charge in [0.1, 0.15) is 5.82 Å². The van der Waals surface area contributed by atoms with Gasteiger partial charge in [-0.25, -0.2) is 4.39 Å². The van der Waals surface area contributed by atoms with E-state index in [0.29, 0.717) is 21.2 Å². The minimum Gasteiger partial charge on any atom is -0.366 e. The molecule has 7 heteroatoms. The second kappa shape index (κ2) is 6.68. The molecule has 2 aromatic rings. The predicted molar refractivity (Wildman–Crippen MR) is 101 cm³/mol. The van der Waals surface area contributed by atoms with Crippen LogP contribution in [0.2, 0.25) is 5.02 Å². The van der Waals surface area contributed by atoms with Gasteiger partial charge >= 0.3 is 0 Å². The van der Waals surface area contributed by atoms with Crippen molar-refractivity contribution in [3.05, 3.63) is 81.1 Å². The number of fused-ring (bicyclic) bond motifs is 1. The number of hydrogen-bond acceptors (Lipinski definition) is 4. The van der Waals surface area contributed by atoms with Crippen LogP contribution in [0, 0.1) is 17.1 Å². The summed E-state index contributed by atoms with van der Waals surface area (Å²) >= 11 is 7.20. The highest BCUT2D eigenvalue weighted by Gasteiger charge is 2.51. The molecule has 2 aliphatic heterocycles. The van der Waals surface area contributed by atoms with Crippen molar-refractivity contribution in [2.45, 2.75) is 18.1 Å². The molecule has 4 nitrogen and oxygen atoms in total. The average molecular weight is 401 g/mol. The number of allylic oxidation sites excluding steroid dienone is 1. The molecule has 136 valence electrons. The van der Waals surface area contributed by atoms with Gasteiger partial charge in [-0.05, 0) is 29.8 Å². The molecule has 1 N–H and O–H groups in total. The lowest BCUT2D eigenvalue weighted by atomic mass is 9.85. The van der Waals surface area contributed by atoms with E-state index in [0.717, 1.165) is 5.56 Å². The lowest BCUT2D eigenvalue weighted by molar-refractivity contribution is -0.149. The normalized spacial score (nSPS) is 24.7. The number of benzene rings is 2. The Bertz CT molecular complexity index is 985. The Kier molecular flexibility index (Phi) is 4.47. The summed E-state index contributed by atoms with van der Waals surface area (Å²) < 4.78 is 13.3. The van der Waals surface area contributed by atoms with Crippen LogP contribution < -0.4 is 0 Å². The minimum absolute atomic E-state index is 0.0675. The summed E-state index contributed by atoms with van der Waals surface area (Å²) in [5, 5.41) is 22.0. The van der Waals surface area contributed by atoms with E-state index in [9.17, 15) is 19.6 Å². The lowest BCUT2D eigenvalue weighted by Crippen LogP contribution is -2.48. The van der Waals surface area contributed by atoms with Gasteiger partial charge in [-0.1, -0.05) is 35.9 Å². The van der Waals surface area contributed by atoms with E-state index in [1.807, 2.05) is 0 Å². The van der Waals surface area contributed by atoms with Crippen LogP contribution in [0.5, 0.6) is 0 Å². The van der Waals surface area contributed by atoms with Crippen LogP contribution in [0.1, 0.15) is 23.5 Å². The van der Waals surface area contributed by atoms with Crippen molar-refractivity contribution in [1.82, 2.24) is 4.90 Å². The van der Waals surface area contributed by atoms with Crippen molar-refractivity contribution in [2.24, 2.45) is 0 Å². The fourth-order valence-electron chi connectivity index (χ4n) is 3.54. The first kappa shape index (κ1) is 18.1. The predicted octanol–water partition coefficient (Wildman–Crippen LogP) is 4.12. The lowest BCUT2D eigenvalue weighted by Gasteiger charge is -2.38. The SMILES string of the molecule is N#CC1=C2SC[C@@](O)(c3ccc(F)cc3)N2C(=O)C[C@H]1c1ccc(Cl)cc1. The van der Waals surface area contributed by atoms with Crippen LogP contribution in [0.4, 0.5) is 4.39 Å². The van der Waals surface area contributed by atoms with Gasteiger partial charge in [0, 0.05) is 22.9 Å². The third-order valence-electron chi connectivity index (χ3n) is 4.89. The van der Waals surface area contributed by atoms with Gasteiger partial charge in [0.05, 0.1) is 22.4 Å². The molecule has 27 heavy (non-hydrogen) atoms. The third-order valence-corrected chi connectivity index (χ3v) is 6.36. The molecule has 1 amide bonds. The van der Waals surface area contributed by atoms with E-state index in [-0.39, 0.29) is 24.0 Å². The van der Waals surface area contributed by atoms with E-state index < -0.39 is 11.5 Å². The van der Waals surface area contributed by atoms with E-state index in [1.54, 1.807) is 24.3 Å². The Morgan fingerprint density at radius 3 is 2.52 bits per heavy atom. The van der Waals surface area contributed by atoms with Crippen LogP contribution in [-0.2, 0) is 10.5 Å². The largest absolute Gasteiger partial charge is 0.366 e. The Balaban J connectivity index is 1.79. The maximum atomic E-state index is 13.3. The molecule has 0 spiro atoms. The fourth-order valence-corrected chi connectivity index (χ4v) is 5.02. The molecule has 4 rings (SSSR count). The summed E-state index contributed by atoms with van der Waals surface area (Å²) in [6.45, 7) is 0. The smallest absolute Gasteiger partial charge is 0.231 e. The van der Waals surface area contributed by atoms with E-state index in [1.165, 1.54) is 40.9 Å². The van der Waals surface area contributed by atoms with Crippen molar-refractivity contribution in [3.63, 3.8) is 0 Å². The first-order valence-electron chi connectivity index (χ1n) is 8.28. The number of rotatable bonds is 2. The van der Waals surface area contributed by atoms with Crippen molar-refractivity contribution < 1.29 is 14.3 Å². The zero-order valence-electron chi connectivity index (χ0n) is 14.0. The van der Waals surface area contributed by atoms with Gasteiger partial charge in [-0.3, -0.25) is 9.69 Å². The van der Waals surface area contributed by atoms with Crippen LogP contribution >= 0.6 is 23.4 Å². The van der Waals surface area contributed by atoms with Crippen LogP contribution in [0.25, 0.3) is 0 Å². The monoisotopic (exact) mass is 400 g/mol. The molecule has 1 fully saturated rings. The molecule has 1 saturated heterocycles. The molecule has 2 heterocycles. The summed E-state index contributed by atoms with van der Waals surface area (Å²) in [5.74, 6) is -0.901. The zero-order valence-corrected chi connectivity index (χ0v) is 15.6. The number of nitriles is 1. The fraction of sp³-hybridized carbons (Fsp3) is 0.200. The molecular formula is C20H14ClFN2O2S. The highest BCUT2D eigenvalue weighted by atomic mass is 35.5. The minimum atomic E-state index is -1.60. The first-order chi connectivity index (χ1) is 12.9. The number of carbonyl (C=O) groups excluding carboxylic acids is 1. The van der Waals surface area contributed by atoms with Gasteiger partial charge in [-0.15, -0.1) is 11.8 Å². The Hall–Kier alpha value is -2.33. The molecule has 0 aromatic heterocycles. The summed E-state index contributed by atoms with van der Waals surface area (Å²) in [6.07, 6.45) is 0.0675. The zero-order chi connectivity index (χ0) is 19.2. The first-order valence-corrected chi connectivity index (χ1v) is 9.64. The molecule has 2 aromatic carbocycles. The number of amides is 1. The summed E-state index contributed by atoms with van der Waals surface area (Å²) in [4.78, 5) is 14.2. The molecule has 0 saturated carbocycles. The molecular weight excluding hydrogens is 387 g/mol. The number of nitrogens with zero attached hydrogens (tertiary/aromatic N) is 2. The molecule has 0 aliphatic carbocycles. The highest BCUT2D eigenvalue weighted by Crippen LogP contribution is 2.51. The number of thioether (sulfide) groups is 1. The Labute approximate surface area is 164 Å². The topological polar surface area (TPSA) is 64.3 Å². The second-order valence-corrected chi connectivity index (χ2v) is 7.88. The van der Waals surface area contributed by atoms with Crippen LogP contribution in [0.15, 0.2) is 59.1 Å². The maximum absolute atomic E-state index is 13.3. The Morgan fingerprint density at radius 2 is 1.89 bits per heavy atom. The van der Waals surface area contributed by atoms with Crippen molar-refractivity contribution >= 4 is 29.3 Å². The van der Waals surface area contributed by atoms with E-state index in [4.69, 9.17) is 11.6 Å². The van der Waals surface area contributed by atoms with Gasteiger partial charge in [0.2, 0.25) is 5.91 Å². The van der Waals surface area contributed by atoms with Crippen molar-refractivity contribution in [1.29, 1.82) is 5.26 Å². The van der Waals surface area contributed by atoms with Gasteiger partial charge in [0.15, 0.2) is 5.72 Å². The third kappa shape index (κ3) is 2.92. The highest BCUT2D eigenvalue weighted by molar-refractivity contribution is 8.03. The molecule has 0 bridgehead atoms. The summed E-state index contributed by atoms with van der Waals surface area (Å²) in [6, 6.07) is 14.7.